The van der Waals surface area contributed by atoms with E-state index in [0.29, 0.717) is 6.04 Å². The van der Waals surface area contributed by atoms with Crippen molar-refractivity contribution in [1.29, 1.82) is 0 Å². The van der Waals surface area contributed by atoms with Gasteiger partial charge in [0.05, 0.1) is 11.7 Å². The predicted octanol–water partition coefficient (Wildman–Crippen LogP) is 4.40. The second-order valence-corrected chi connectivity index (χ2v) is 5.37. The number of hydrogen-bond acceptors (Lipinski definition) is 2. The molecule has 0 fully saturated rings. The van der Waals surface area contributed by atoms with E-state index in [1.165, 1.54) is 44.2 Å². The first-order valence-corrected chi connectivity index (χ1v) is 7.75. The molecule has 0 saturated carbocycles. The van der Waals surface area contributed by atoms with Gasteiger partial charge in [0, 0.05) is 6.20 Å². The third-order valence-corrected chi connectivity index (χ3v) is 3.78. The van der Waals surface area contributed by atoms with Crippen LogP contribution in [0.15, 0.2) is 36.0 Å². The Morgan fingerprint density at radius 1 is 1.21 bits per heavy atom. The summed E-state index contributed by atoms with van der Waals surface area (Å²) in [5.41, 5.74) is 2.72. The summed E-state index contributed by atoms with van der Waals surface area (Å²) in [4.78, 5) is 4.56. The Hall–Kier alpha value is -1.15. The normalized spacial score (nSPS) is 21.0. The van der Waals surface area contributed by atoms with Crippen LogP contribution in [0.2, 0.25) is 0 Å². The molecule has 1 N–H and O–H groups in total. The minimum Gasteiger partial charge on any atom is -0.305 e. The average molecular weight is 258 g/mol. The van der Waals surface area contributed by atoms with E-state index in [9.17, 15) is 0 Å². The van der Waals surface area contributed by atoms with Crippen molar-refractivity contribution in [1.82, 2.24) is 10.3 Å². The highest BCUT2D eigenvalue weighted by molar-refractivity contribution is 5.22. The molecule has 19 heavy (non-hydrogen) atoms. The van der Waals surface area contributed by atoms with Crippen LogP contribution in [-0.2, 0) is 0 Å². The van der Waals surface area contributed by atoms with Gasteiger partial charge in [-0.25, -0.2) is 0 Å². The van der Waals surface area contributed by atoms with Gasteiger partial charge in [-0.05, 0) is 50.8 Å². The average Bonchev–Trinajstić information content (AvgIpc) is 2.42. The lowest BCUT2D eigenvalue weighted by molar-refractivity contribution is 0.533. The summed E-state index contributed by atoms with van der Waals surface area (Å²) >= 11 is 0. The smallest absolute Gasteiger partial charge is 0.0710 e. The standard InChI is InChI=1S/C17H26N2/c1-2-13-19-17(16-12-8-9-14-18-16)15-10-6-4-3-5-7-11-15/h8-10,12,14,17,19H,2-7,11,13H2,1H3/b15-10+. The van der Waals surface area contributed by atoms with Gasteiger partial charge in [0.25, 0.3) is 0 Å². The second-order valence-electron chi connectivity index (χ2n) is 5.37. The Bertz CT molecular complexity index is 384. The first-order chi connectivity index (χ1) is 9.42. The van der Waals surface area contributed by atoms with Crippen LogP contribution in [0.5, 0.6) is 0 Å². The fourth-order valence-corrected chi connectivity index (χ4v) is 2.74. The maximum atomic E-state index is 4.56. The third kappa shape index (κ3) is 4.46. The molecule has 0 saturated heterocycles. The Balaban J connectivity index is 2.15. The third-order valence-electron chi connectivity index (χ3n) is 3.78. The highest BCUT2D eigenvalue weighted by atomic mass is 14.9. The molecule has 0 bridgehead atoms. The molecule has 0 aromatic carbocycles. The van der Waals surface area contributed by atoms with Crippen molar-refractivity contribution < 1.29 is 0 Å². The zero-order chi connectivity index (χ0) is 13.3. The molecule has 1 unspecified atom stereocenters. The van der Waals surface area contributed by atoms with Crippen LogP contribution in [0.1, 0.15) is 63.6 Å². The molecule has 2 nitrogen and oxygen atoms in total. The highest BCUT2D eigenvalue weighted by Crippen LogP contribution is 2.27. The highest BCUT2D eigenvalue weighted by Gasteiger charge is 2.17. The minimum atomic E-state index is 0.319. The SMILES string of the molecule is CCCNC(/C1=C/CCCCCC1)c1ccccn1. The molecule has 0 radical (unpaired) electrons. The van der Waals surface area contributed by atoms with E-state index in [1.54, 1.807) is 5.57 Å². The number of allylic oxidation sites excluding steroid dienone is 1. The Labute approximate surface area is 117 Å². The minimum absolute atomic E-state index is 0.319. The predicted molar refractivity (Wildman–Crippen MR) is 81.1 cm³/mol. The number of hydrogen-bond donors (Lipinski definition) is 1. The van der Waals surface area contributed by atoms with E-state index in [4.69, 9.17) is 0 Å². The first kappa shape index (κ1) is 14.3. The van der Waals surface area contributed by atoms with Gasteiger partial charge in [-0.3, -0.25) is 4.98 Å². The van der Waals surface area contributed by atoms with E-state index in [1.807, 2.05) is 12.3 Å². The van der Waals surface area contributed by atoms with Crippen LogP contribution in [0, 0.1) is 0 Å². The molecule has 0 aliphatic heterocycles. The monoisotopic (exact) mass is 258 g/mol. The van der Waals surface area contributed by atoms with Crippen molar-refractivity contribution in [2.24, 2.45) is 0 Å². The van der Waals surface area contributed by atoms with Crippen molar-refractivity contribution in [3.63, 3.8) is 0 Å². The lowest BCUT2D eigenvalue weighted by atomic mass is 9.93. The Morgan fingerprint density at radius 2 is 2.11 bits per heavy atom. The van der Waals surface area contributed by atoms with Gasteiger partial charge >= 0.3 is 0 Å². The summed E-state index contributed by atoms with van der Waals surface area (Å²) in [6.07, 6.45) is 13.4. The number of pyridine rings is 1. The van der Waals surface area contributed by atoms with E-state index >= 15 is 0 Å². The quantitative estimate of drug-likeness (QED) is 0.792. The molecule has 1 aromatic rings. The summed E-state index contributed by atoms with van der Waals surface area (Å²) in [5.74, 6) is 0. The Morgan fingerprint density at radius 3 is 2.89 bits per heavy atom. The van der Waals surface area contributed by atoms with Gasteiger partial charge < -0.3 is 5.32 Å². The van der Waals surface area contributed by atoms with Gasteiger partial charge in [-0.1, -0.05) is 37.5 Å². The summed E-state index contributed by atoms with van der Waals surface area (Å²) in [7, 11) is 0. The van der Waals surface area contributed by atoms with Crippen molar-refractivity contribution in [3.8, 4) is 0 Å². The molecule has 1 atom stereocenters. The zero-order valence-electron chi connectivity index (χ0n) is 12.1. The molecule has 0 amide bonds. The number of rotatable bonds is 5. The zero-order valence-corrected chi connectivity index (χ0v) is 12.1. The van der Waals surface area contributed by atoms with Gasteiger partial charge in [0.15, 0.2) is 0 Å². The first-order valence-electron chi connectivity index (χ1n) is 7.75. The molecule has 1 heterocycles. The summed E-state index contributed by atoms with van der Waals surface area (Å²) in [5, 5.41) is 3.67. The summed E-state index contributed by atoms with van der Waals surface area (Å²) in [6.45, 7) is 3.27. The van der Waals surface area contributed by atoms with Crippen LogP contribution < -0.4 is 5.32 Å². The summed E-state index contributed by atoms with van der Waals surface area (Å²) in [6, 6.07) is 6.55. The number of nitrogens with zero attached hydrogens (tertiary/aromatic N) is 1. The van der Waals surface area contributed by atoms with E-state index in [-0.39, 0.29) is 0 Å². The van der Waals surface area contributed by atoms with Crippen LogP contribution >= 0.6 is 0 Å². The van der Waals surface area contributed by atoms with Gasteiger partial charge in [-0.15, -0.1) is 0 Å². The molecular weight excluding hydrogens is 232 g/mol. The molecule has 2 rings (SSSR count). The van der Waals surface area contributed by atoms with E-state index < -0.39 is 0 Å². The number of nitrogens with one attached hydrogen (secondary N) is 1. The van der Waals surface area contributed by atoms with Gasteiger partial charge in [0.2, 0.25) is 0 Å². The van der Waals surface area contributed by atoms with Crippen LogP contribution in [-0.4, -0.2) is 11.5 Å². The maximum Gasteiger partial charge on any atom is 0.0710 e. The fraction of sp³-hybridized carbons (Fsp3) is 0.588. The van der Waals surface area contributed by atoms with Gasteiger partial charge in [0.1, 0.15) is 0 Å². The van der Waals surface area contributed by atoms with Crippen LogP contribution in [0.25, 0.3) is 0 Å². The topological polar surface area (TPSA) is 24.9 Å². The molecule has 0 spiro atoms. The molecule has 1 aliphatic carbocycles. The largest absolute Gasteiger partial charge is 0.305 e. The molecule has 1 aliphatic rings. The van der Waals surface area contributed by atoms with Crippen molar-refractivity contribution in [3.05, 3.63) is 41.7 Å². The van der Waals surface area contributed by atoms with E-state index in [0.717, 1.165) is 13.0 Å². The number of aromatic nitrogens is 1. The molecule has 2 heteroatoms. The maximum absolute atomic E-state index is 4.56. The lowest BCUT2D eigenvalue weighted by Gasteiger charge is -2.23. The molecule has 1 aromatic heterocycles. The van der Waals surface area contributed by atoms with Crippen molar-refractivity contribution in [2.45, 2.75) is 57.9 Å². The summed E-state index contributed by atoms with van der Waals surface area (Å²) < 4.78 is 0. The van der Waals surface area contributed by atoms with Gasteiger partial charge in [-0.2, -0.15) is 0 Å². The van der Waals surface area contributed by atoms with Crippen LogP contribution in [0.3, 0.4) is 0 Å². The van der Waals surface area contributed by atoms with Crippen molar-refractivity contribution in [2.75, 3.05) is 6.54 Å². The lowest BCUT2D eigenvalue weighted by Crippen LogP contribution is -2.25. The Kier molecular flexibility index (Phi) is 6.09. The van der Waals surface area contributed by atoms with Crippen molar-refractivity contribution >= 4 is 0 Å². The molecule has 104 valence electrons. The second kappa shape index (κ2) is 8.11. The van der Waals surface area contributed by atoms with Crippen LogP contribution in [0.4, 0.5) is 0 Å². The van der Waals surface area contributed by atoms with E-state index in [2.05, 4.69) is 35.4 Å². The molecular formula is C17H26N2. The fourth-order valence-electron chi connectivity index (χ4n) is 2.74.